The van der Waals surface area contributed by atoms with Crippen LogP contribution in [0.25, 0.3) is 0 Å². The topological polar surface area (TPSA) is 26.0 Å². The van der Waals surface area contributed by atoms with Crippen molar-refractivity contribution in [1.29, 1.82) is 0 Å². The summed E-state index contributed by atoms with van der Waals surface area (Å²) in [7, 11) is 0. The van der Waals surface area contributed by atoms with Crippen LogP contribution in [0.15, 0.2) is 0 Å². The number of hydrogen-bond acceptors (Lipinski definition) is 1. The summed E-state index contributed by atoms with van der Waals surface area (Å²) >= 11 is 0. The van der Waals surface area contributed by atoms with Crippen molar-refractivity contribution in [3.05, 3.63) is 0 Å². The maximum Gasteiger partial charge on any atom is -0.00747 e. The lowest BCUT2D eigenvalue weighted by Gasteiger charge is -2.13. The maximum absolute atomic E-state index is 5.54. The summed E-state index contributed by atoms with van der Waals surface area (Å²) in [5.41, 5.74) is 5.54. The lowest BCUT2D eigenvalue weighted by Crippen LogP contribution is -2.06. The van der Waals surface area contributed by atoms with Crippen LogP contribution in [0.1, 0.15) is 72.1 Å². The molecule has 2 unspecified atom stereocenters. The molecule has 0 aromatic rings. The molecule has 0 aliphatic heterocycles. The molecule has 0 aromatic carbocycles. The van der Waals surface area contributed by atoms with Gasteiger partial charge in [-0.3, -0.25) is 0 Å². The van der Waals surface area contributed by atoms with Crippen molar-refractivity contribution < 1.29 is 0 Å². The Morgan fingerprint density at radius 3 is 1.87 bits per heavy atom. The van der Waals surface area contributed by atoms with Gasteiger partial charge in [0, 0.05) is 0 Å². The second kappa shape index (κ2) is 10.5. The van der Waals surface area contributed by atoms with Crippen LogP contribution < -0.4 is 5.73 Å². The van der Waals surface area contributed by atoms with Crippen molar-refractivity contribution in [2.75, 3.05) is 6.54 Å². The van der Waals surface area contributed by atoms with Gasteiger partial charge in [-0.25, -0.2) is 0 Å². The van der Waals surface area contributed by atoms with Gasteiger partial charge in [-0.2, -0.15) is 0 Å². The smallest absolute Gasteiger partial charge is 0.00747 e. The molecular weight excluding hydrogens is 182 g/mol. The highest BCUT2D eigenvalue weighted by molar-refractivity contribution is 4.58. The molecule has 1 heteroatoms. The van der Waals surface area contributed by atoms with Gasteiger partial charge in [0.25, 0.3) is 0 Å². The van der Waals surface area contributed by atoms with E-state index in [2.05, 4.69) is 20.8 Å². The Kier molecular flexibility index (Phi) is 10.4. The Labute approximate surface area is 96.8 Å². The van der Waals surface area contributed by atoms with Crippen molar-refractivity contribution in [3.8, 4) is 0 Å². The number of unbranched alkanes of at least 4 members (excludes halogenated alkanes) is 2. The number of rotatable bonds is 10. The van der Waals surface area contributed by atoms with Crippen LogP contribution in [0, 0.1) is 11.8 Å². The first-order chi connectivity index (χ1) is 7.20. The predicted molar refractivity (Wildman–Crippen MR) is 70.0 cm³/mol. The fourth-order valence-corrected chi connectivity index (χ4v) is 2.13. The molecule has 0 aliphatic rings. The van der Waals surface area contributed by atoms with Crippen molar-refractivity contribution in [2.45, 2.75) is 72.1 Å². The summed E-state index contributed by atoms with van der Waals surface area (Å²) in [6.45, 7) is 7.87. The molecule has 0 heterocycles. The van der Waals surface area contributed by atoms with Crippen LogP contribution >= 0.6 is 0 Å². The molecule has 0 radical (unpaired) electrons. The van der Waals surface area contributed by atoms with E-state index in [0.29, 0.717) is 0 Å². The summed E-state index contributed by atoms with van der Waals surface area (Å²) in [6, 6.07) is 0. The van der Waals surface area contributed by atoms with Gasteiger partial charge >= 0.3 is 0 Å². The van der Waals surface area contributed by atoms with E-state index in [4.69, 9.17) is 5.73 Å². The Morgan fingerprint density at radius 2 is 1.33 bits per heavy atom. The standard InChI is InChI=1S/C14H31N/c1-4-5-6-8-13(2)9-7-10-14(3)11-12-15/h13-14H,4-12,15H2,1-3H3. The van der Waals surface area contributed by atoms with E-state index < -0.39 is 0 Å². The van der Waals surface area contributed by atoms with E-state index in [1.807, 2.05) is 0 Å². The molecule has 0 fully saturated rings. The zero-order valence-corrected chi connectivity index (χ0v) is 11.1. The van der Waals surface area contributed by atoms with Crippen LogP contribution in [0.3, 0.4) is 0 Å². The van der Waals surface area contributed by atoms with E-state index >= 15 is 0 Å². The first-order valence-corrected chi connectivity index (χ1v) is 6.90. The van der Waals surface area contributed by atoms with Crippen LogP contribution in [-0.4, -0.2) is 6.54 Å². The average Bonchev–Trinajstić information content (AvgIpc) is 2.18. The molecule has 0 amide bonds. The molecule has 0 saturated carbocycles. The molecule has 0 bridgehead atoms. The largest absolute Gasteiger partial charge is 0.330 e. The minimum Gasteiger partial charge on any atom is -0.330 e. The highest BCUT2D eigenvalue weighted by Gasteiger charge is 2.04. The van der Waals surface area contributed by atoms with E-state index in [1.54, 1.807) is 0 Å². The normalized spacial score (nSPS) is 15.2. The van der Waals surface area contributed by atoms with E-state index in [0.717, 1.165) is 18.4 Å². The maximum atomic E-state index is 5.54. The average molecular weight is 213 g/mol. The van der Waals surface area contributed by atoms with Crippen molar-refractivity contribution in [1.82, 2.24) is 0 Å². The Hall–Kier alpha value is -0.0400. The molecule has 92 valence electrons. The van der Waals surface area contributed by atoms with Crippen molar-refractivity contribution >= 4 is 0 Å². The van der Waals surface area contributed by atoms with E-state index in [1.165, 1.54) is 51.4 Å². The molecule has 0 saturated heterocycles. The molecule has 2 atom stereocenters. The number of hydrogen-bond donors (Lipinski definition) is 1. The molecule has 15 heavy (non-hydrogen) atoms. The first-order valence-electron chi connectivity index (χ1n) is 6.90. The highest BCUT2D eigenvalue weighted by atomic mass is 14.5. The van der Waals surface area contributed by atoms with Gasteiger partial charge in [0.1, 0.15) is 0 Å². The third-order valence-corrected chi connectivity index (χ3v) is 3.35. The SMILES string of the molecule is CCCCCC(C)CCCC(C)CCN. The van der Waals surface area contributed by atoms with Crippen LogP contribution in [0.2, 0.25) is 0 Å². The fourth-order valence-electron chi connectivity index (χ4n) is 2.13. The molecular formula is C14H31N. The van der Waals surface area contributed by atoms with Gasteiger partial charge in [-0.1, -0.05) is 65.7 Å². The highest BCUT2D eigenvalue weighted by Crippen LogP contribution is 2.18. The third kappa shape index (κ3) is 10.2. The minimum atomic E-state index is 0.831. The van der Waals surface area contributed by atoms with Gasteiger partial charge in [-0.15, -0.1) is 0 Å². The fraction of sp³-hybridized carbons (Fsp3) is 1.00. The van der Waals surface area contributed by atoms with E-state index in [9.17, 15) is 0 Å². The zero-order valence-electron chi connectivity index (χ0n) is 11.1. The Morgan fingerprint density at radius 1 is 0.800 bits per heavy atom. The predicted octanol–water partition coefficient (Wildman–Crippen LogP) is 4.36. The lowest BCUT2D eigenvalue weighted by molar-refractivity contribution is 0.404. The Balaban J connectivity index is 3.26. The molecule has 2 N–H and O–H groups in total. The number of nitrogens with two attached hydrogens (primary N) is 1. The molecule has 0 aliphatic carbocycles. The summed E-state index contributed by atoms with van der Waals surface area (Å²) in [5, 5.41) is 0. The third-order valence-electron chi connectivity index (χ3n) is 3.35. The van der Waals surface area contributed by atoms with E-state index in [-0.39, 0.29) is 0 Å². The summed E-state index contributed by atoms with van der Waals surface area (Å²) < 4.78 is 0. The first kappa shape index (κ1) is 15.0. The van der Waals surface area contributed by atoms with Gasteiger partial charge in [0.15, 0.2) is 0 Å². The van der Waals surface area contributed by atoms with Crippen LogP contribution in [-0.2, 0) is 0 Å². The van der Waals surface area contributed by atoms with Crippen LogP contribution in [0.4, 0.5) is 0 Å². The lowest BCUT2D eigenvalue weighted by atomic mass is 9.93. The molecule has 0 aromatic heterocycles. The molecule has 0 spiro atoms. The van der Waals surface area contributed by atoms with Gasteiger partial charge in [0.05, 0.1) is 0 Å². The van der Waals surface area contributed by atoms with Crippen molar-refractivity contribution in [3.63, 3.8) is 0 Å². The summed E-state index contributed by atoms with van der Waals surface area (Å²) in [4.78, 5) is 0. The second-order valence-electron chi connectivity index (χ2n) is 5.21. The van der Waals surface area contributed by atoms with Gasteiger partial charge in [-0.05, 0) is 24.8 Å². The summed E-state index contributed by atoms with van der Waals surface area (Å²) in [6.07, 6.45) is 11.0. The monoisotopic (exact) mass is 213 g/mol. The minimum absolute atomic E-state index is 0.831. The summed E-state index contributed by atoms with van der Waals surface area (Å²) in [5.74, 6) is 1.76. The van der Waals surface area contributed by atoms with Gasteiger partial charge in [0.2, 0.25) is 0 Å². The van der Waals surface area contributed by atoms with Gasteiger partial charge < -0.3 is 5.73 Å². The van der Waals surface area contributed by atoms with Crippen LogP contribution in [0.5, 0.6) is 0 Å². The Bertz CT molecular complexity index is 123. The molecule has 0 rings (SSSR count). The molecule has 1 nitrogen and oxygen atoms in total. The zero-order chi connectivity index (χ0) is 11.5. The quantitative estimate of drug-likeness (QED) is 0.536. The van der Waals surface area contributed by atoms with Crippen molar-refractivity contribution in [2.24, 2.45) is 17.6 Å². The second-order valence-corrected chi connectivity index (χ2v) is 5.21.